The van der Waals surface area contributed by atoms with Gasteiger partial charge in [-0.25, -0.2) is 9.82 Å². The standard InChI is InChI=1S/C23H28FN3O3/c1-15(2)14-30-20-11-5-17(6-12-20)13-25-27-23(29)21(16(3)4)26-22(28)18-7-9-19(24)10-8-18/h5-13,15-16,21H,14H2,1-4H3,(H,26,28)(H,27,29)/b25-13+. The first-order valence-corrected chi connectivity index (χ1v) is 9.88. The normalized spacial score (nSPS) is 12.2. The fourth-order valence-corrected chi connectivity index (χ4v) is 2.51. The molecule has 0 aliphatic rings. The van der Waals surface area contributed by atoms with Gasteiger partial charge in [0, 0.05) is 5.56 Å². The zero-order valence-electron chi connectivity index (χ0n) is 17.7. The molecule has 6 nitrogen and oxygen atoms in total. The molecule has 2 N–H and O–H groups in total. The molecule has 0 aliphatic carbocycles. The predicted molar refractivity (Wildman–Crippen MR) is 115 cm³/mol. The highest BCUT2D eigenvalue weighted by atomic mass is 19.1. The van der Waals surface area contributed by atoms with Gasteiger partial charge in [-0.15, -0.1) is 0 Å². The van der Waals surface area contributed by atoms with Gasteiger partial charge in [0.05, 0.1) is 12.8 Å². The van der Waals surface area contributed by atoms with Crippen molar-refractivity contribution in [3.8, 4) is 5.75 Å². The van der Waals surface area contributed by atoms with Crippen LogP contribution in [0.2, 0.25) is 0 Å². The predicted octanol–water partition coefficient (Wildman–Crippen LogP) is 3.77. The lowest BCUT2D eigenvalue weighted by Crippen LogP contribution is -2.48. The molecular weight excluding hydrogens is 385 g/mol. The van der Waals surface area contributed by atoms with Crippen LogP contribution in [0.1, 0.15) is 43.6 Å². The highest BCUT2D eigenvalue weighted by Crippen LogP contribution is 2.12. The van der Waals surface area contributed by atoms with Gasteiger partial charge in [-0.3, -0.25) is 9.59 Å². The molecule has 0 saturated carbocycles. The molecule has 0 spiro atoms. The van der Waals surface area contributed by atoms with Crippen LogP contribution < -0.4 is 15.5 Å². The zero-order chi connectivity index (χ0) is 22.1. The van der Waals surface area contributed by atoms with Crippen molar-refractivity contribution in [3.63, 3.8) is 0 Å². The van der Waals surface area contributed by atoms with E-state index in [9.17, 15) is 14.0 Å². The first kappa shape index (κ1) is 23.1. The fourth-order valence-electron chi connectivity index (χ4n) is 2.51. The Bertz CT molecular complexity index is 862. The summed E-state index contributed by atoms with van der Waals surface area (Å²) >= 11 is 0. The fraction of sp³-hybridized carbons (Fsp3) is 0.348. The van der Waals surface area contributed by atoms with E-state index in [-0.39, 0.29) is 11.5 Å². The van der Waals surface area contributed by atoms with E-state index in [0.29, 0.717) is 12.5 Å². The van der Waals surface area contributed by atoms with Gasteiger partial charge < -0.3 is 10.1 Å². The van der Waals surface area contributed by atoms with E-state index in [4.69, 9.17) is 4.74 Å². The number of nitrogens with one attached hydrogen (secondary N) is 2. The Morgan fingerprint density at radius 3 is 2.23 bits per heavy atom. The van der Waals surface area contributed by atoms with Crippen LogP contribution in [0, 0.1) is 17.7 Å². The molecule has 1 atom stereocenters. The van der Waals surface area contributed by atoms with E-state index in [1.807, 2.05) is 38.1 Å². The van der Waals surface area contributed by atoms with Crippen molar-refractivity contribution in [2.45, 2.75) is 33.7 Å². The third-order valence-corrected chi connectivity index (χ3v) is 4.19. The third kappa shape index (κ3) is 7.31. The molecule has 2 rings (SSSR count). The maximum atomic E-state index is 13.0. The van der Waals surface area contributed by atoms with E-state index in [0.717, 1.165) is 11.3 Å². The number of nitrogens with zero attached hydrogens (tertiary/aromatic N) is 1. The Labute approximate surface area is 176 Å². The summed E-state index contributed by atoms with van der Waals surface area (Å²) in [5.41, 5.74) is 3.53. The molecule has 0 bridgehead atoms. The highest BCUT2D eigenvalue weighted by molar-refractivity contribution is 5.97. The van der Waals surface area contributed by atoms with Crippen molar-refractivity contribution in [1.29, 1.82) is 0 Å². The van der Waals surface area contributed by atoms with Crippen molar-refractivity contribution in [2.24, 2.45) is 16.9 Å². The van der Waals surface area contributed by atoms with E-state index in [1.54, 1.807) is 0 Å². The topological polar surface area (TPSA) is 79.8 Å². The molecule has 160 valence electrons. The molecule has 0 radical (unpaired) electrons. The highest BCUT2D eigenvalue weighted by Gasteiger charge is 2.24. The van der Waals surface area contributed by atoms with Gasteiger partial charge in [-0.05, 0) is 65.9 Å². The minimum Gasteiger partial charge on any atom is -0.493 e. The zero-order valence-corrected chi connectivity index (χ0v) is 17.7. The van der Waals surface area contributed by atoms with Crippen LogP contribution >= 0.6 is 0 Å². The number of carbonyl (C=O) groups is 2. The summed E-state index contributed by atoms with van der Waals surface area (Å²) in [4.78, 5) is 24.8. The average Bonchev–Trinajstić information content (AvgIpc) is 2.71. The Morgan fingerprint density at radius 1 is 1.03 bits per heavy atom. The number of carbonyl (C=O) groups excluding carboxylic acids is 2. The minimum atomic E-state index is -0.786. The Kier molecular flexibility index (Phi) is 8.53. The second-order valence-corrected chi connectivity index (χ2v) is 7.71. The first-order chi connectivity index (χ1) is 14.3. The third-order valence-electron chi connectivity index (χ3n) is 4.19. The molecule has 0 fully saturated rings. The molecule has 0 aliphatic heterocycles. The van der Waals surface area contributed by atoms with Crippen LogP contribution in [0.5, 0.6) is 5.75 Å². The molecule has 2 aromatic carbocycles. The van der Waals surface area contributed by atoms with Gasteiger partial charge in [-0.1, -0.05) is 27.7 Å². The van der Waals surface area contributed by atoms with E-state index in [2.05, 4.69) is 29.7 Å². The number of hydrazone groups is 1. The monoisotopic (exact) mass is 413 g/mol. The van der Waals surface area contributed by atoms with Crippen LogP contribution in [-0.4, -0.2) is 30.7 Å². The smallest absolute Gasteiger partial charge is 0.262 e. The summed E-state index contributed by atoms with van der Waals surface area (Å²) in [7, 11) is 0. The number of rotatable bonds is 9. The lowest BCUT2D eigenvalue weighted by Gasteiger charge is -2.20. The van der Waals surface area contributed by atoms with Crippen molar-refractivity contribution >= 4 is 18.0 Å². The first-order valence-electron chi connectivity index (χ1n) is 9.88. The van der Waals surface area contributed by atoms with Gasteiger partial charge in [0.25, 0.3) is 11.8 Å². The number of hydrogen-bond donors (Lipinski definition) is 2. The molecule has 7 heteroatoms. The summed E-state index contributed by atoms with van der Waals surface area (Å²) in [6.45, 7) is 8.43. The number of amides is 2. The maximum absolute atomic E-state index is 13.0. The quantitative estimate of drug-likeness (QED) is 0.485. The molecule has 0 saturated heterocycles. The number of halogens is 1. The summed E-state index contributed by atoms with van der Waals surface area (Å²) in [5, 5.41) is 6.64. The lowest BCUT2D eigenvalue weighted by atomic mass is 10.0. The molecule has 30 heavy (non-hydrogen) atoms. The Morgan fingerprint density at radius 2 is 1.67 bits per heavy atom. The summed E-state index contributed by atoms with van der Waals surface area (Å²) < 4.78 is 18.6. The molecular formula is C23H28FN3O3. The van der Waals surface area contributed by atoms with Crippen LogP contribution in [0.3, 0.4) is 0 Å². The van der Waals surface area contributed by atoms with E-state index >= 15 is 0 Å². The molecule has 0 aromatic heterocycles. The largest absolute Gasteiger partial charge is 0.493 e. The summed E-state index contributed by atoms with van der Waals surface area (Å²) in [6.07, 6.45) is 1.52. The molecule has 0 heterocycles. The second kappa shape index (κ2) is 11.1. The Balaban J connectivity index is 1.93. The molecule has 1 unspecified atom stereocenters. The van der Waals surface area contributed by atoms with E-state index in [1.165, 1.54) is 30.5 Å². The van der Waals surface area contributed by atoms with Crippen molar-refractivity contribution in [3.05, 3.63) is 65.5 Å². The Hall–Kier alpha value is -3.22. The van der Waals surface area contributed by atoms with Crippen LogP contribution in [0.15, 0.2) is 53.6 Å². The van der Waals surface area contributed by atoms with Gasteiger partial charge >= 0.3 is 0 Å². The second-order valence-electron chi connectivity index (χ2n) is 7.71. The number of ether oxygens (including phenoxy) is 1. The maximum Gasteiger partial charge on any atom is 0.262 e. The molecule has 2 aromatic rings. The van der Waals surface area contributed by atoms with E-state index < -0.39 is 23.7 Å². The minimum absolute atomic E-state index is 0.165. The van der Waals surface area contributed by atoms with Crippen molar-refractivity contribution in [1.82, 2.24) is 10.7 Å². The van der Waals surface area contributed by atoms with Crippen LogP contribution in [0.25, 0.3) is 0 Å². The summed E-state index contributed by atoms with van der Waals surface area (Å²) in [5.74, 6) is -0.272. The SMILES string of the molecule is CC(C)COc1ccc(/C=N/NC(=O)C(NC(=O)c2ccc(F)cc2)C(C)C)cc1. The van der Waals surface area contributed by atoms with Gasteiger partial charge in [0.15, 0.2) is 0 Å². The average molecular weight is 413 g/mol. The summed E-state index contributed by atoms with van der Waals surface area (Å²) in [6, 6.07) is 11.7. The van der Waals surface area contributed by atoms with Crippen LogP contribution in [0.4, 0.5) is 4.39 Å². The van der Waals surface area contributed by atoms with Crippen LogP contribution in [-0.2, 0) is 4.79 Å². The lowest BCUT2D eigenvalue weighted by molar-refractivity contribution is -0.123. The number of hydrogen-bond acceptors (Lipinski definition) is 4. The van der Waals surface area contributed by atoms with Crippen molar-refractivity contribution < 1.29 is 18.7 Å². The number of benzene rings is 2. The van der Waals surface area contributed by atoms with Gasteiger partial charge in [0.2, 0.25) is 0 Å². The van der Waals surface area contributed by atoms with Gasteiger partial charge in [0.1, 0.15) is 17.6 Å². The van der Waals surface area contributed by atoms with Crippen molar-refractivity contribution in [2.75, 3.05) is 6.61 Å². The molecule has 2 amide bonds. The van der Waals surface area contributed by atoms with Gasteiger partial charge in [-0.2, -0.15) is 5.10 Å².